The number of anilines is 1. The van der Waals surface area contributed by atoms with Crippen molar-refractivity contribution in [3.8, 4) is 11.4 Å². The van der Waals surface area contributed by atoms with Crippen LogP contribution >= 0.6 is 23.4 Å². The summed E-state index contributed by atoms with van der Waals surface area (Å²) in [7, 11) is 0. The highest BCUT2D eigenvalue weighted by Crippen LogP contribution is 2.26. The van der Waals surface area contributed by atoms with E-state index in [4.69, 9.17) is 16.0 Å². The molecule has 0 aliphatic rings. The summed E-state index contributed by atoms with van der Waals surface area (Å²) >= 11 is 7.34. The number of aromatic nitrogens is 3. The minimum Gasteiger partial charge on any atom is -0.467 e. The zero-order valence-electron chi connectivity index (χ0n) is 16.2. The van der Waals surface area contributed by atoms with Gasteiger partial charge in [0.15, 0.2) is 11.0 Å². The van der Waals surface area contributed by atoms with Crippen molar-refractivity contribution in [2.24, 2.45) is 0 Å². The van der Waals surface area contributed by atoms with Crippen LogP contribution in [0.25, 0.3) is 11.4 Å². The van der Waals surface area contributed by atoms with Crippen LogP contribution < -0.4 is 5.32 Å². The lowest BCUT2D eigenvalue weighted by atomic mass is 10.2. The first-order valence-corrected chi connectivity index (χ1v) is 10.7. The summed E-state index contributed by atoms with van der Waals surface area (Å²) < 4.78 is 7.44. The van der Waals surface area contributed by atoms with Gasteiger partial charge in [0.25, 0.3) is 0 Å². The van der Waals surface area contributed by atoms with Gasteiger partial charge in [-0.05, 0) is 61.0 Å². The molecule has 152 valence electrons. The van der Waals surface area contributed by atoms with E-state index in [1.807, 2.05) is 72.2 Å². The Morgan fingerprint density at radius 3 is 2.70 bits per heavy atom. The van der Waals surface area contributed by atoms with Crippen LogP contribution in [0.15, 0.2) is 76.5 Å². The number of nitrogens with zero attached hydrogens (tertiary/aromatic N) is 3. The van der Waals surface area contributed by atoms with Crippen molar-refractivity contribution in [1.82, 2.24) is 14.8 Å². The number of hydrogen-bond acceptors (Lipinski definition) is 5. The zero-order valence-corrected chi connectivity index (χ0v) is 17.8. The van der Waals surface area contributed by atoms with E-state index in [9.17, 15) is 4.79 Å². The summed E-state index contributed by atoms with van der Waals surface area (Å²) in [5.41, 5.74) is 2.75. The molecule has 6 nitrogen and oxygen atoms in total. The molecule has 2 aromatic heterocycles. The SMILES string of the molecule is Cc1cccc(NC(=O)CSc2nnc(-c3ccc(Cl)cc3)n2Cc2ccco2)c1. The second kappa shape index (κ2) is 9.19. The lowest BCUT2D eigenvalue weighted by molar-refractivity contribution is -0.113. The van der Waals surface area contributed by atoms with Gasteiger partial charge in [0, 0.05) is 16.3 Å². The van der Waals surface area contributed by atoms with Crippen molar-refractivity contribution in [3.05, 3.63) is 83.3 Å². The van der Waals surface area contributed by atoms with Crippen LogP contribution in [-0.2, 0) is 11.3 Å². The molecule has 0 spiro atoms. The zero-order chi connectivity index (χ0) is 20.9. The number of amides is 1. The molecule has 0 radical (unpaired) electrons. The number of aryl methyl sites for hydroxylation is 1. The largest absolute Gasteiger partial charge is 0.467 e. The fraction of sp³-hybridized carbons (Fsp3) is 0.136. The summed E-state index contributed by atoms with van der Waals surface area (Å²) in [5, 5.41) is 12.9. The minimum absolute atomic E-state index is 0.105. The minimum atomic E-state index is -0.105. The predicted octanol–water partition coefficient (Wildman–Crippen LogP) is 5.28. The molecule has 0 saturated carbocycles. The van der Waals surface area contributed by atoms with Crippen LogP contribution in [0.4, 0.5) is 5.69 Å². The van der Waals surface area contributed by atoms with E-state index in [0.29, 0.717) is 22.5 Å². The van der Waals surface area contributed by atoms with Gasteiger partial charge in [0.05, 0.1) is 18.6 Å². The molecule has 1 amide bonds. The summed E-state index contributed by atoms with van der Waals surface area (Å²) in [4.78, 5) is 12.4. The molecule has 2 heterocycles. The number of furan rings is 1. The Kier molecular flexibility index (Phi) is 6.21. The molecule has 0 bridgehead atoms. The molecule has 0 saturated heterocycles. The van der Waals surface area contributed by atoms with Crippen LogP contribution in [0.2, 0.25) is 5.02 Å². The summed E-state index contributed by atoms with van der Waals surface area (Å²) in [6.07, 6.45) is 1.63. The molecule has 30 heavy (non-hydrogen) atoms. The van der Waals surface area contributed by atoms with Crippen LogP contribution in [0.5, 0.6) is 0 Å². The predicted molar refractivity (Wildman–Crippen MR) is 119 cm³/mol. The maximum Gasteiger partial charge on any atom is 0.234 e. The quantitative estimate of drug-likeness (QED) is 0.397. The van der Waals surface area contributed by atoms with Crippen LogP contribution in [0.1, 0.15) is 11.3 Å². The highest BCUT2D eigenvalue weighted by Gasteiger charge is 2.17. The highest BCUT2D eigenvalue weighted by atomic mass is 35.5. The molecule has 0 unspecified atom stereocenters. The lowest BCUT2D eigenvalue weighted by Gasteiger charge is -2.09. The van der Waals surface area contributed by atoms with Gasteiger partial charge >= 0.3 is 0 Å². The third-order valence-corrected chi connectivity index (χ3v) is 5.57. The maximum atomic E-state index is 12.4. The molecular formula is C22H19ClN4O2S. The molecule has 0 aliphatic heterocycles. The van der Waals surface area contributed by atoms with Crippen molar-refractivity contribution in [2.75, 3.05) is 11.1 Å². The molecule has 4 rings (SSSR count). The molecule has 8 heteroatoms. The second-order valence-electron chi connectivity index (χ2n) is 6.68. The standard InChI is InChI=1S/C22H19ClN4O2S/c1-15-4-2-5-18(12-15)24-20(28)14-30-22-26-25-21(16-7-9-17(23)10-8-16)27(22)13-19-6-3-11-29-19/h2-12H,13-14H2,1H3,(H,24,28). The van der Waals surface area contributed by atoms with Crippen molar-refractivity contribution in [1.29, 1.82) is 0 Å². The Balaban J connectivity index is 1.53. The Morgan fingerprint density at radius 2 is 1.97 bits per heavy atom. The number of nitrogens with one attached hydrogen (secondary N) is 1. The Morgan fingerprint density at radius 1 is 1.13 bits per heavy atom. The number of carbonyl (C=O) groups is 1. The smallest absolute Gasteiger partial charge is 0.234 e. The topological polar surface area (TPSA) is 73.0 Å². The normalized spacial score (nSPS) is 10.9. The van der Waals surface area contributed by atoms with E-state index >= 15 is 0 Å². The number of rotatable bonds is 7. The highest BCUT2D eigenvalue weighted by molar-refractivity contribution is 7.99. The van der Waals surface area contributed by atoms with E-state index in [2.05, 4.69) is 15.5 Å². The Bertz CT molecular complexity index is 1140. The van der Waals surface area contributed by atoms with Gasteiger partial charge in [-0.2, -0.15) is 0 Å². The van der Waals surface area contributed by atoms with E-state index in [1.165, 1.54) is 11.8 Å². The maximum absolute atomic E-state index is 12.4. The van der Waals surface area contributed by atoms with Crippen LogP contribution in [-0.4, -0.2) is 26.4 Å². The average molecular weight is 439 g/mol. The van der Waals surface area contributed by atoms with E-state index in [0.717, 1.165) is 22.6 Å². The number of hydrogen-bond donors (Lipinski definition) is 1. The summed E-state index contributed by atoms with van der Waals surface area (Å²) in [6, 6.07) is 18.8. The van der Waals surface area contributed by atoms with Crippen LogP contribution in [0.3, 0.4) is 0 Å². The average Bonchev–Trinajstić information content (AvgIpc) is 3.38. The van der Waals surface area contributed by atoms with Crippen molar-refractivity contribution in [3.63, 3.8) is 0 Å². The van der Waals surface area contributed by atoms with Crippen LogP contribution in [0, 0.1) is 6.92 Å². The van der Waals surface area contributed by atoms with Crippen molar-refractivity contribution in [2.45, 2.75) is 18.6 Å². The Labute approximate surface area is 183 Å². The van der Waals surface area contributed by atoms with Crippen molar-refractivity contribution < 1.29 is 9.21 Å². The first kappa shape index (κ1) is 20.3. The van der Waals surface area contributed by atoms with Gasteiger partial charge in [0.2, 0.25) is 5.91 Å². The fourth-order valence-corrected chi connectivity index (χ4v) is 3.82. The van der Waals surface area contributed by atoms with E-state index in [-0.39, 0.29) is 11.7 Å². The molecule has 0 aliphatic carbocycles. The third-order valence-electron chi connectivity index (χ3n) is 4.35. The molecule has 4 aromatic rings. The van der Waals surface area contributed by atoms with Gasteiger partial charge in [0.1, 0.15) is 5.76 Å². The van der Waals surface area contributed by atoms with Gasteiger partial charge in [-0.25, -0.2) is 0 Å². The first-order valence-electron chi connectivity index (χ1n) is 9.29. The van der Waals surface area contributed by atoms with E-state index in [1.54, 1.807) is 6.26 Å². The summed E-state index contributed by atoms with van der Waals surface area (Å²) in [5.74, 6) is 1.57. The van der Waals surface area contributed by atoms with Gasteiger partial charge in [-0.15, -0.1) is 10.2 Å². The first-order chi connectivity index (χ1) is 14.6. The van der Waals surface area contributed by atoms with E-state index < -0.39 is 0 Å². The molecule has 2 aromatic carbocycles. The number of halogens is 1. The lowest BCUT2D eigenvalue weighted by Crippen LogP contribution is -2.14. The molecule has 1 N–H and O–H groups in total. The molecule has 0 fully saturated rings. The summed E-state index contributed by atoms with van der Waals surface area (Å²) in [6.45, 7) is 2.44. The molecular weight excluding hydrogens is 420 g/mol. The Hall–Kier alpha value is -3.03. The molecule has 0 atom stereocenters. The second-order valence-corrected chi connectivity index (χ2v) is 8.06. The monoisotopic (exact) mass is 438 g/mol. The van der Waals surface area contributed by atoms with Gasteiger partial charge < -0.3 is 9.73 Å². The number of carbonyl (C=O) groups excluding carboxylic acids is 1. The number of benzene rings is 2. The van der Waals surface area contributed by atoms with Gasteiger partial charge in [-0.1, -0.05) is 35.5 Å². The van der Waals surface area contributed by atoms with Crippen molar-refractivity contribution >= 4 is 35.0 Å². The third kappa shape index (κ3) is 4.93. The number of thioether (sulfide) groups is 1. The fourth-order valence-electron chi connectivity index (χ4n) is 2.96. The van der Waals surface area contributed by atoms with Gasteiger partial charge in [-0.3, -0.25) is 9.36 Å².